The van der Waals surface area contributed by atoms with E-state index < -0.39 is 5.97 Å². The van der Waals surface area contributed by atoms with Crippen molar-refractivity contribution in [2.45, 2.75) is 57.8 Å². The summed E-state index contributed by atoms with van der Waals surface area (Å²) in [5, 5.41) is 9.63. The minimum absolute atomic E-state index is 0.0992. The van der Waals surface area contributed by atoms with Gasteiger partial charge in [0.15, 0.2) is 5.78 Å². The molecule has 3 aliphatic rings. The molecule has 0 amide bonds. The monoisotopic (exact) mass is 389 g/mol. The van der Waals surface area contributed by atoms with Crippen LogP contribution in [-0.4, -0.2) is 21.8 Å². The molecule has 0 radical (unpaired) electrons. The number of fused-ring (bicyclic) bond motifs is 5. The molecule has 1 N–H and O–H groups in total. The summed E-state index contributed by atoms with van der Waals surface area (Å²) in [5.74, 6) is 0.642. The molecule has 0 saturated heterocycles. The Morgan fingerprint density at radius 1 is 1.14 bits per heavy atom. The standard InChI is InChI=1S/C25H27NO3/c1-25-9-2-5-21(25)18-7-6-15-12-17(24(28)29)13-20(22(15)19(18)8-10-25)23(27)16-4-3-11-26-14-16/h3-4,11-14,18-19,21H,2,5-10H2,1H3,(H,28,29)/t18-,19+,21+,25+/m1/s1. The second-order valence-electron chi connectivity index (χ2n) is 9.47. The van der Waals surface area contributed by atoms with Crippen LogP contribution in [0.3, 0.4) is 0 Å². The third-order valence-electron chi connectivity index (χ3n) is 8.02. The van der Waals surface area contributed by atoms with Crippen LogP contribution in [0.15, 0.2) is 36.7 Å². The number of hydrogen-bond donors (Lipinski definition) is 1. The number of carboxylic acids is 1. The van der Waals surface area contributed by atoms with Crippen LogP contribution in [0.4, 0.5) is 0 Å². The molecule has 2 aromatic rings. The van der Waals surface area contributed by atoms with Gasteiger partial charge in [-0.15, -0.1) is 0 Å². The molecule has 0 spiro atoms. The summed E-state index contributed by atoms with van der Waals surface area (Å²) in [4.78, 5) is 29.3. The molecule has 1 aromatic carbocycles. The molecule has 0 bridgehead atoms. The average Bonchev–Trinajstić information content (AvgIpc) is 3.14. The van der Waals surface area contributed by atoms with Gasteiger partial charge in [0.2, 0.25) is 0 Å². The van der Waals surface area contributed by atoms with E-state index >= 15 is 0 Å². The minimum Gasteiger partial charge on any atom is -0.478 e. The number of rotatable bonds is 3. The molecule has 4 atom stereocenters. The van der Waals surface area contributed by atoms with Gasteiger partial charge in [-0.3, -0.25) is 9.78 Å². The highest BCUT2D eigenvalue weighted by Crippen LogP contribution is 2.61. The van der Waals surface area contributed by atoms with Crippen LogP contribution in [0.5, 0.6) is 0 Å². The summed E-state index contributed by atoms with van der Waals surface area (Å²) < 4.78 is 0. The van der Waals surface area contributed by atoms with Gasteiger partial charge in [-0.25, -0.2) is 4.79 Å². The van der Waals surface area contributed by atoms with Crippen molar-refractivity contribution in [3.63, 3.8) is 0 Å². The Balaban J connectivity index is 1.64. The minimum atomic E-state index is -0.970. The van der Waals surface area contributed by atoms with Crippen molar-refractivity contribution < 1.29 is 14.7 Å². The SMILES string of the molecule is C[C@@]12CCC[C@H]1[C@@H]1CCc3cc(C(=O)O)cc(C(=O)c4cccnc4)c3[C@H]1CC2. The number of nitrogens with zero attached hydrogens (tertiary/aromatic N) is 1. The molecule has 2 fully saturated rings. The number of carbonyl (C=O) groups excluding carboxylic acids is 1. The predicted molar refractivity (Wildman–Crippen MR) is 110 cm³/mol. The molecule has 2 saturated carbocycles. The van der Waals surface area contributed by atoms with E-state index in [0.29, 0.717) is 28.4 Å². The molecular weight excluding hydrogens is 362 g/mol. The quantitative estimate of drug-likeness (QED) is 0.728. The summed E-state index contributed by atoms with van der Waals surface area (Å²) in [7, 11) is 0. The van der Waals surface area contributed by atoms with E-state index in [0.717, 1.165) is 36.3 Å². The normalized spacial score (nSPS) is 30.2. The van der Waals surface area contributed by atoms with Crippen LogP contribution < -0.4 is 0 Å². The lowest BCUT2D eigenvalue weighted by atomic mass is 9.55. The number of aryl methyl sites for hydroxylation is 1. The number of ketones is 1. The van der Waals surface area contributed by atoms with E-state index in [9.17, 15) is 14.7 Å². The Hall–Kier alpha value is -2.49. The number of pyridine rings is 1. The zero-order valence-corrected chi connectivity index (χ0v) is 16.9. The fourth-order valence-corrected chi connectivity index (χ4v) is 6.69. The smallest absolute Gasteiger partial charge is 0.335 e. The summed E-state index contributed by atoms with van der Waals surface area (Å²) in [6.07, 6.45) is 11.5. The summed E-state index contributed by atoms with van der Waals surface area (Å²) in [5.41, 5.74) is 3.99. The van der Waals surface area contributed by atoms with Gasteiger partial charge in [0, 0.05) is 23.5 Å². The Kier molecular flexibility index (Phi) is 4.34. The lowest BCUT2D eigenvalue weighted by molar-refractivity contribution is 0.0593. The molecule has 0 aliphatic heterocycles. The van der Waals surface area contributed by atoms with Gasteiger partial charge in [-0.05, 0) is 97.1 Å². The van der Waals surface area contributed by atoms with Crippen LogP contribution in [0.2, 0.25) is 0 Å². The van der Waals surface area contributed by atoms with Crippen molar-refractivity contribution in [2.24, 2.45) is 17.3 Å². The van der Waals surface area contributed by atoms with Gasteiger partial charge in [-0.1, -0.05) is 13.3 Å². The number of benzene rings is 1. The molecule has 150 valence electrons. The van der Waals surface area contributed by atoms with Crippen LogP contribution in [-0.2, 0) is 6.42 Å². The van der Waals surface area contributed by atoms with Crippen LogP contribution >= 0.6 is 0 Å². The van der Waals surface area contributed by atoms with Gasteiger partial charge < -0.3 is 5.11 Å². The van der Waals surface area contributed by atoms with Crippen LogP contribution in [0, 0.1) is 17.3 Å². The molecule has 5 rings (SSSR count). The van der Waals surface area contributed by atoms with Crippen molar-refractivity contribution in [2.75, 3.05) is 0 Å². The zero-order chi connectivity index (χ0) is 20.2. The zero-order valence-electron chi connectivity index (χ0n) is 16.9. The highest BCUT2D eigenvalue weighted by molar-refractivity contribution is 6.11. The highest BCUT2D eigenvalue weighted by Gasteiger charge is 2.50. The number of carboxylic acid groups (broad SMARTS) is 1. The second kappa shape index (κ2) is 6.79. The third-order valence-corrected chi connectivity index (χ3v) is 8.02. The van der Waals surface area contributed by atoms with Crippen molar-refractivity contribution in [1.29, 1.82) is 0 Å². The first-order chi connectivity index (χ1) is 14.0. The fraction of sp³-hybridized carbons (Fsp3) is 0.480. The third kappa shape index (κ3) is 2.92. The molecule has 4 nitrogen and oxygen atoms in total. The first-order valence-electron chi connectivity index (χ1n) is 10.8. The van der Waals surface area contributed by atoms with Gasteiger partial charge in [0.25, 0.3) is 0 Å². The van der Waals surface area contributed by atoms with E-state index in [1.807, 2.05) is 6.07 Å². The number of hydrogen-bond acceptors (Lipinski definition) is 3. The molecule has 1 heterocycles. The van der Waals surface area contributed by atoms with Crippen molar-refractivity contribution in [3.8, 4) is 0 Å². The Morgan fingerprint density at radius 2 is 2.00 bits per heavy atom. The average molecular weight is 389 g/mol. The number of aromatic nitrogens is 1. The Morgan fingerprint density at radius 3 is 2.76 bits per heavy atom. The first kappa shape index (κ1) is 18.5. The van der Waals surface area contributed by atoms with Gasteiger partial charge in [0.05, 0.1) is 5.56 Å². The molecule has 1 aromatic heterocycles. The number of aromatic carboxylic acids is 1. The first-order valence-corrected chi connectivity index (χ1v) is 10.8. The highest BCUT2D eigenvalue weighted by atomic mass is 16.4. The maximum absolute atomic E-state index is 13.4. The lowest BCUT2D eigenvalue weighted by Gasteiger charge is -2.49. The number of carbonyl (C=O) groups is 2. The Labute approximate surface area is 171 Å². The van der Waals surface area contributed by atoms with E-state index in [4.69, 9.17) is 0 Å². The lowest BCUT2D eigenvalue weighted by Crippen LogP contribution is -2.40. The molecule has 0 unspecified atom stereocenters. The van der Waals surface area contributed by atoms with Gasteiger partial charge >= 0.3 is 5.97 Å². The Bertz CT molecular complexity index is 983. The van der Waals surface area contributed by atoms with Gasteiger partial charge in [-0.2, -0.15) is 0 Å². The van der Waals surface area contributed by atoms with Crippen LogP contribution in [0.1, 0.15) is 88.8 Å². The van der Waals surface area contributed by atoms with Crippen molar-refractivity contribution >= 4 is 11.8 Å². The summed E-state index contributed by atoms with van der Waals surface area (Å²) in [6, 6.07) is 6.95. The largest absolute Gasteiger partial charge is 0.478 e. The van der Waals surface area contributed by atoms with Gasteiger partial charge in [0.1, 0.15) is 0 Å². The summed E-state index contributed by atoms with van der Waals surface area (Å²) in [6.45, 7) is 2.46. The predicted octanol–water partition coefficient (Wildman–Crippen LogP) is 5.26. The maximum Gasteiger partial charge on any atom is 0.335 e. The fourth-order valence-electron chi connectivity index (χ4n) is 6.69. The molecule has 3 aliphatic carbocycles. The molecule has 4 heteroatoms. The molecule has 29 heavy (non-hydrogen) atoms. The van der Waals surface area contributed by atoms with E-state index in [1.54, 1.807) is 30.6 Å². The maximum atomic E-state index is 13.4. The van der Waals surface area contributed by atoms with E-state index in [1.165, 1.54) is 25.7 Å². The van der Waals surface area contributed by atoms with Crippen molar-refractivity contribution in [3.05, 3.63) is 64.5 Å². The molecular formula is C25H27NO3. The van der Waals surface area contributed by atoms with Crippen molar-refractivity contribution in [1.82, 2.24) is 4.98 Å². The van der Waals surface area contributed by atoms with Crippen LogP contribution in [0.25, 0.3) is 0 Å². The van der Waals surface area contributed by atoms with E-state index in [2.05, 4.69) is 11.9 Å². The second-order valence-corrected chi connectivity index (χ2v) is 9.47. The van der Waals surface area contributed by atoms with E-state index in [-0.39, 0.29) is 11.3 Å². The topological polar surface area (TPSA) is 67.3 Å². The summed E-state index contributed by atoms with van der Waals surface area (Å²) >= 11 is 0.